The molecule has 2 aliphatic rings. The van der Waals surface area contributed by atoms with Gasteiger partial charge in [0.1, 0.15) is 0 Å². The van der Waals surface area contributed by atoms with E-state index in [9.17, 15) is 0 Å². The third-order valence-electron chi connectivity index (χ3n) is 5.42. The molecule has 118 valence electrons. The van der Waals surface area contributed by atoms with Gasteiger partial charge in [0.15, 0.2) is 0 Å². The molecule has 2 rings (SSSR count). The van der Waals surface area contributed by atoms with Gasteiger partial charge in [-0.15, -0.1) is 0 Å². The Bertz CT molecular complexity index is 272. The van der Waals surface area contributed by atoms with E-state index < -0.39 is 9.28 Å². The Morgan fingerprint density at radius 1 is 0.950 bits per heavy atom. The molecular formula is C17H34O2Si. The van der Waals surface area contributed by atoms with Crippen molar-refractivity contribution in [2.75, 3.05) is 7.11 Å². The van der Waals surface area contributed by atoms with Crippen LogP contribution in [0.15, 0.2) is 0 Å². The molecule has 0 radical (unpaired) electrons. The van der Waals surface area contributed by atoms with Crippen LogP contribution in [0, 0.1) is 17.8 Å². The highest BCUT2D eigenvalue weighted by atomic mass is 28.3. The van der Waals surface area contributed by atoms with Crippen LogP contribution in [0.3, 0.4) is 0 Å². The minimum Gasteiger partial charge on any atom is -0.400 e. The van der Waals surface area contributed by atoms with E-state index in [4.69, 9.17) is 8.85 Å². The Labute approximate surface area is 127 Å². The summed E-state index contributed by atoms with van der Waals surface area (Å²) in [5.74, 6) is 2.90. The monoisotopic (exact) mass is 298 g/mol. The zero-order valence-electron chi connectivity index (χ0n) is 13.9. The standard InChI is InChI=1S/C17H34O2Si/c1-13(2)19-20(18-4)17-10-6-9-16(12-17)15-8-5-7-14(3)11-15/h13-17,20H,5-12H2,1-4H3. The van der Waals surface area contributed by atoms with E-state index in [2.05, 4.69) is 20.8 Å². The molecule has 0 heterocycles. The molecule has 3 heteroatoms. The van der Waals surface area contributed by atoms with E-state index >= 15 is 0 Å². The minimum atomic E-state index is -1.46. The van der Waals surface area contributed by atoms with Gasteiger partial charge in [0.25, 0.3) is 0 Å². The summed E-state index contributed by atoms with van der Waals surface area (Å²) < 4.78 is 11.9. The largest absolute Gasteiger partial charge is 0.400 e. The Hall–Kier alpha value is 0.137. The van der Waals surface area contributed by atoms with Gasteiger partial charge in [-0.3, -0.25) is 0 Å². The summed E-state index contributed by atoms with van der Waals surface area (Å²) in [6, 6.07) is 0. The molecule has 0 spiro atoms. The van der Waals surface area contributed by atoms with Crippen molar-refractivity contribution in [3.63, 3.8) is 0 Å². The second-order valence-electron chi connectivity index (χ2n) is 7.51. The predicted octanol–water partition coefficient (Wildman–Crippen LogP) is 4.67. The first-order chi connectivity index (χ1) is 9.60. The highest BCUT2D eigenvalue weighted by molar-refractivity contribution is 6.46. The Morgan fingerprint density at radius 3 is 2.20 bits per heavy atom. The lowest BCUT2D eigenvalue weighted by Gasteiger charge is -2.39. The van der Waals surface area contributed by atoms with Crippen LogP contribution < -0.4 is 0 Å². The maximum absolute atomic E-state index is 6.11. The van der Waals surface area contributed by atoms with Gasteiger partial charge >= 0.3 is 9.28 Å². The van der Waals surface area contributed by atoms with Crippen LogP contribution in [0.2, 0.25) is 5.54 Å². The summed E-state index contributed by atoms with van der Waals surface area (Å²) in [6.45, 7) is 6.73. The summed E-state index contributed by atoms with van der Waals surface area (Å²) in [5.41, 5.74) is 0.749. The summed E-state index contributed by atoms with van der Waals surface area (Å²) in [5, 5.41) is 0. The molecule has 0 aromatic carbocycles. The Kier molecular flexibility index (Phi) is 6.56. The van der Waals surface area contributed by atoms with Crippen molar-refractivity contribution in [2.24, 2.45) is 17.8 Å². The van der Waals surface area contributed by atoms with E-state index in [-0.39, 0.29) is 0 Å². The first-order valence-electron chi connectivity index (χ1n) is 8.78. The van der Waals surface area contributed by atoms with Gasteiger partial charge in [0.05, 0.1) is 0 Å². The van der Waals surface area contributed by atoms with E-state index in [1.807, 2.05) is 7.11 Å². The number of rotatable bonds is 5. The van der Waals surface area contributed by atoms with Crippen molar-refractivity contribution < 1.29 is 8.85 Å². The van der Waals surface area contributed by atoms with Crippen LogP contribution in [-0.2, 0) is 8.85 Å². The molecule has 0 N–H and O–H groups in total. The highest BCUT2D eigenvalue weighted by Crippen LogP contribution is 2.44. The van der Waals surface area contributed by atoms with Crippen molar-refractivity contribution in [3.05, 3.63) is 0 Å². The molecule has 0 aromatic heterocycles. The molecule has 0 amide bonds. The Morgan fingerprint density at radius 2 is 1.60 bits per heavy atom. The molecule has 0 saturated heterocycles. The van der Waals surface area contributed by atoms with E-state index in [1.165, 1.54) is 51.4 Å². The molecule has 2 fully saturated rings. The quantitative estimate of drug-likeness (QED) is 0.687. The zero-order valence-corrected chi connectivity index (χ0v) is 15.1. The van der Waals surface area contributed by atoms with Gasteiger partial charge in [0, 0.05) is 18.8 Å². The zero-order chi connectivity index (χ0) is 14.5. The lowest BCUT2D eigenvalue weighted by molar-refractivity contribution is 0.134. The van der Waals surface area contributed by atoms with Gasteiger partial charge in [-0.25, -0.2) is 0 Å². The average Bonchev–Trinajstić information content (AvgIpc) is 2.44. The van der Waals surface area contributed by atoms with Gasteiger partial charge in [0.2, 0.25) is 0 Å². The molecule has 2 saturated carbocycles. The fraction of sp³-hybridized carbons (Fsp3) is 1.00. The van der Waals surface area contributed by atoms with Crippen LogP contribution in [0.5, 0.6) is 0 Å². The molecule has 0 aliphatic heterocycles. The number of hydrogen-bond donors (Lipinski definition) is 0. The molecule has 0 bridgehead atoms. The van der Waals surface area contributed by atoms with Crippen LogP contribution in [0.4, 0.5) is 0 Å². The van der Waals surface area contributed by atoms with Crippen LogP contribution in [-0.4, -0.2) is 22.5 Å². The molecule has 2 nitrogen and oxygen atoms in total. The summed E-state index contributed by atoms with van der Waals surface area (Å²) in [6.07, 6.45) is 11.8. The second-order valence-corrected chi connectivity index (χ2v) is 9.93. The number of hydrogen-bond acceptors (Lipinski definition) is 2. The van der Waals surface area contributed by atoms with Gasteiger partial charge in [-0.05, 0) is 50.9 Å². The van der Waals surface area contributed by atoms with Crippen molar-refractivity contribution in [1.82, 2.24) is 0 Å². The topological polar surface area (TPSA) is 18.5 Å². The first kappa shape index (κ1) is 16.5. The molecule has 5 atom stereocenters. The molecule has 2 aliphatic carbocycles. The van der Waals surface area contributed by atoms with Gasteiger partial charge in [-0.2, -0.15) is 0 Å². The normalized spacial score (nSPS) is 37.0. The van der Waals surface area contributed by atoms with Crippen molar-refractivity contribution in [2.45, 2.75) is 83.8 Å². The molecule has 0 aromatic rings. The van der Waals surface area contributed by atoms with Gasteiger partial charge < -0.3 is 8.85 Å². The summed E-state index contributed by atoms with van der Waals surface area (Å²) >= 11 is 0. The third kappa shape index (κ3) is 4.57. The second kappa shape index (κ2) is 7.95. The fourth-order valence-corrected chi connectivity index (χ4v) is 6.81. The van der Waals surface area contributed by atoms with E-state index in [0.29, 0.717) is 6.10 Å². The Balaban J connectivity index is 1.90. The SMILES string of the molecule is CO[SiH](OC(C)C)C1CCCC(C2CCCC(C)C2)C1. The van der Waals surface area contributed by atoms with Crippen molar-refractivity contribution in [1.29, 1.82) is 0 Å². The van der Waals surface area contributed by atoms with E-state index in [1.54, 1.807) is 0 Å². The van der Waals surface area contributed by atoms with Crippen molar-refractivity contribution >= 4 is 9.28 Å². The fourth-order valence-electron chi connectivity index (χ4n) is 4.48. The highest BCUT2D eigenvalue weighted by Gasteiger charge is 2.36. The van der Waals surface area contributed by atoms with Crippen molar-refractivity contribution in [3.8, 4) is 0 Å². The molecule has 20 heavy (non-hydrogen) atoms. The van der Waals surface area contributed by atoms with Crippen LogP contribution in [0.1, 0.15) is 72.1 Å². The van der Waals surface area contributed by atoms with Crippen LogP contribution >= 0.6 is 0 Å². The summed E-state index contributed by atoms with van der Waals surface area (Å²) in [7, 11) is 0.406. The van der Waals surface area contributed by atoms with Gasteiger partial charge in [-0.1, -0.05) is 39.0 Å². The van der Waals surface area contributed by atoms with E-state index in [0.717, 1.165) is 23.3 Å². The maximum Gasteiger partial charge on any atom is 0.324 e. The molecule has 5 unspecified atom stereocenters. The first-order valence-corrected chi connectivity index (χ1v) is 10.4. The average molecular weight is 299 g/mol. The lowest BCUT2D eigenvalue weighted by atomic mass is 9.71. The predicted molar refractivity (Wildman–Crippen MR) is 87.2 cm³/mol. The third-order valence-corrected chi connectivity index (χ3v) is 8.07. The lowest BCUT2D eigenvalue weighted by Crippen LogP contribution is -2.35. The minimum absolute atomic E-state index is 0.321. The summed E-state index contributed by atoms with van der Waals surface area (Å²) in [4.78, 5) is 0. The smallest absolute Gasteiger partial charge is 0.324 e. The van der Waals surface area contributed by atoms with Crippen LogP contribution in [0.25, 0.3) is 0 Å². The molecular weight excluding hydrogens is 264 g/mol. The maximum atomic E-state index is 6.11.